The van der Waals surface area contributed by atoms with Crippen molar-refractivity contribution in [3.63, 3.8) is 0 Å². The Kier molecular flexibility index (Phi) is 5.80. The largest absolute Gasteiger partial charge is 0.395 e. The summed E-state index contributed by atoms with van der Waals surface area (Å²) in [7, 11) is 0. The lowest BCUT2D eigenvalue weighted by atomic mass is 10.1. The van der Waals surface area contributed by atoms with Crippen LogP contribution in [0.25, 0.3) is 0 Å². The lowest BCUT2D eigenvalue weighted by Gasteiger charge is -2.07. The number of carbonyl (C=O) groups excluding carboxylic acids is 1. The van der Waals surface area contributed by atoms with Gasteiger partial charge in [-0.1, -0.05) is 6.07 Å². The fraction of sp³-hybridized carbons (Fsp3) is 0.364. The van der Waals surface area contributed by atoms with Crippen LogP contribution in [-0.2, 0) is 6.42 Å². The van der Waals surface area contributed by atoms with Gasteiger partial charge in [0, 0.05) is 16.9 Å². The van der Waals surface area contributed by atoms with Crippen LogP contribution in [-0.4, -0.2) is 30.0 Å². The van der Waals surface area contributed by atoms with Crippen LogP contribution in [0.2, 0.25) is 0 Å². The highest BCUT2D eigenvalue weighted by Crippen LogP contribution is 2.19. The van der Waals surface area contributed by atoms with E-state index in [-0.39, 0.29) is 19.1 Å². The second-order valence-electron chi connectivity index (χ2n) is 3.23. The number of halogens is 2. The van der Waals surface area contributed by atoms with Gasteiger partial charge in [-0.3, -0.25) is 4.79 Å². The first-order chi connectivity index (χ1) is 7.69. The van der Waals surface area contributed by atoms with Crippen LogP contribution in [0, 0.1) is 0 Å². The molecule has 0 bridgehead atoms. The molecule has 0 atom stereocenters. The molecule has 0 aliphatic carbocycles. The first-order valence-electron chi connectivity index (χ1n) is 4.92. The number of aryl methyl sites for hydroxylation is 1. The molecule has 0 aliphatic heterocycles. The zero-order valence-corrected chi connectivity index (χ0v) is 11.0. The predicted octanol–water partition coefficient (Wildman–Crippen LogP) is 1.95. The Labute approximate surface area is 108 Å². The Morgan fingerprint density at radius 2 is 2.25 bits per heavy atom. The van der Waals surface area contributed by atoms with Gasteiger partial charge in [0.15, 0.2) is 0 Å². The number of amides is 1. The molecular weight excluding hydrogens is 293 g/mol. The van der Waals surface area contributed by atoms with Gasteiger partial charge in [0.2, 0.25) is 0 Å². The molecular formula is C11H13BrClNO2. The summed E-state index contributed by atoms with van der Waals surface area (Å²) >= 11 is 8.98. The monoisotopic (exact) mass is 305 g/mol. The maximum absolute atomic E-state index is 11.6. The molecule has 3 nitrogen and oxygen atoms in total. The fourth-order valence-electron chi connectivity index (χ4n) is 1.27. The Hall–Kier alpha value is -0.580. The van der Waals surface area contributed by atoms with Crippen LogP contribution in [0.1, 0.15) is 15.9 Å². The van der Waals surface area contributed by atoms with Crippen molar-refractivity contribution < 1.29 is 9.90 Å². The second kappa shape index (κ2) is 6.89. The molecule has 0 aromatic heterocycles. The standard InChI is InChI=1S/C11H13BrClNO2/c12-10-7-8(3-4-13)1-2-9(10)11(16)14-5-6-15/h1-2,7,15H,3-6H2,(H,14,16). The topological polar surface area (TPSA) is 49.3 Å². The normalized spacial score (nSPS) is 10.2. The van der Waals surface area contributed by atoms with Crippen molar-refractivity contribution in [1.82, 2.24) is 5.32 Å². The zero-order chi connectivity index (χ0) is 12.0. The van der Waals surface area contributed by atoms with E-state index in [2.05, 4.69) is 21.2 Å². The first-order valence-corrected chi connectivity index (χ1v) is 6.25. The van der Waals surface area contributed by atoms with Gasteiger partial charge in [0.25, 0.3) is 5.91 Å². The smallest absolute Gasteiger partial charge is 0.252 e. The molecule has 0 saturated heterocycles. The summed E-state index contributed by atoms with van der Waals surface area (Å²) in [5.74, 6) is 0.362. The number of rotatable bonds is 5. The van der Waals surface area contributed by atoms with Crippen LogP contribution in [0.5, 0.6) is 0 Å². The van der Waals surface area contributed by atoms with Crippen molar-refractivity contribution >= 4 is 33.4 Å². The van der Waals surface area contributed by atoms with Crippen molar-refractivity contribution in [2.24, 2.45) is 0 Å². The summed E-state index contributed by atoms with van der Waals surface area (Å²) in [6.45, 7) is 0.197. The summed E-state index contributed by atoms with van der Waals surface area (Å²) in [6.07, 6.45) is 0.776. The molecule has 0 spiro atoms. The van der Waals surface area contributed by atoms with E-state index in [1.165, 1.54) is 0 Å². The molecule has 0 aliphatic rings. The summed E-state index contributed by atoms with van der Waals surface area (Å²) < 4.78 is 0.741. The molecule has 1 amide bonds. The summed E-state index contributed by atoms with van der Waals surface area (Å²) in [5, 5.41) is 11.2. The highest BCUT2D eigenvalue weighted by atomic mass is 79.9. The van der Waals surface area contributed by atoms with Gasteiger partial charge >= 0.3 is 0 Å². The molecule has 16 heavy (non-hydrogen) atoms. The van der Waals surface area contributed by atoms with Crippen LogP contribution in [0.4, 0.5) is 0 Å². The molecule has 0 radical (unpaired) electrons. The molecule has 0 saturated carbocycles. The van der Waals surface area contributed by atoms with Crippen molar-refractivity contribution in [2.45, 2.75) is 6.42 Å². The number of carbonyl (C=O) groups is 1. The van der Waals surface area contributed by atoms with E-state index in [1.807, 2.05) is 12.1 Å². The van der Waals surface area contributed by atoms with Gasteiger partial charge in [-0.25, -0.2) is 0 Å². The number of hydrogen-bond donors (Lipinski definition) is 2. The van der Waals surface area contributed by atoms with Crippen LogP contribution < -0.4 is 5.32 Å². The van der Waals surface area contributed by atoms with Crippen LogP contribution in [0.3, 0.4) is 0 Å². The van der Waals surface area contributed by atoms with Gasteiger partial charge in [-0.15, -0.1) is 11.6 Å². The summed E-state index contributed by atoms with van der Waals surface area (Å²) in [4.78, 5) is 11.6. The number of aliphatic hydroxyl groups is 1. The van der Waals surface area contributed by atoms with Crippen molar-refractivity contribution in [3.8, 4) is 0 Å². The number of nitrogens with one attached hydrogen (secondary N) is 1. The number of hydrogen-bond acceptors (Lipinski definition) is 2. The third kappa shape index (κ3) is 3.77. The summed E-state index contributed by atoms with van der Waals surface area (Å²) in [6, 6.07) is 5.51. The molecule has 5 heteroatoms. The predicted molar refractivity (Wildman–Crippen MR) is 68.0 cm³/mol. The number of alkyl halides is 1. The number of benzene rings is 1. The number of aliphatic hydroxyl groups excluding tert-OH is 1. The molecule has 1 aromatic rings. The molecule has 88 valence electrons. The Morgan fingerprint density at radius 3 is 2.81 bits per heavy atom. The minimum atomic E-state index is -0.196. The van der Waals surface area contributed by atoms with Crippen molar-refractivity contribution in [3.05, 3.63) is 33.8 Å². The highest BCUT2D eigenvalue weighted by molar-refractivity contribution is 9.10. The highest BCUT2D eigenvalue weighted by Gasteiger charge is 2.09. The average molecular weight is 307 g/mol. The van der Waals surface area contributed by atoms with Crippen molar-refractivity contribution in [1.29, 1.82) is 0 Å². The van der Waals surface area contributed by atoms with E-state index in [4.69, 9.17) is 16.7 Å². The Balaban J connectivity index is 2.77. The van der Waals surface area contributed by atoms with E-state index in [9.17, 15) is 4.79 Å². The van der Waals surface area contributed by atoms with E-state index >= 15 is 0 Å². The SMILES string of the molecule is O=C(NCCO)c1ccc(CCCl)cc1Br. The summed E-state index contributed by atoms with van der Waals surface area (Å²) in [5.41, 5.74) is 1.65. The van der Waals surface area contributed by atoms with Gasteiger partial charge in [0.1, 0.15) is 0 Å². The minimum absolute atomic E-state index is 0.0618. The van der Waals surface area contributed by atoms with Crippen LogP contribution >= 0.6 is 27.5 Å². The lowest BCUT2D eigenvalue weighted by Crippen LogP contribution is -2.26. The molecule has 0 fully saturated rings. The van der Waals surface area contributed by atoms with Crippen LogP contribution in [0.15, 0.2) is 22.7 Å². The van der Waals surface area contributed by atoms with E-state index in [0.29, 0.717) is 11.4 Å². The van der Waals surface area contributed by atoms with Gasteiger partial charge in [0.05, 0.1) is 12.2 Å². The molecule has 0 unspecified atom stereocenters. The maximum Gasteiger partial charge on any atom is 0.252 e. The quantitative estimate of drug-likeness (QED) is 0.817. The van der Waals surface area contributed by atoms with Gasteiger partial charge in [-0.05, 0) is 40.0 Å². The van der Waals surface area contributed by atoms with E-state index < -0.39 is 0 Å². The van der Waals surface area contributed by atoms with Gasteiger partial charge < -0.3 is 10.4 Å². The minimum Gasteiger partial charge on any atom is -0.395 e. The van der Waals surface area contributed by atoms with E-state index in [1.54, 1.807) is 6.07 Å². The maximum atomic E-state index is 11.6. The Bertz CT molecular complexity index is 371. The third-order valence-electron chi connectivity index (χ3n) is 2.06. The first kappa shape index (κ1) is 13.5. The second-order valence-corrected chi connectivity index (χ2v) is 4.46. The average Bonchev–Trinajstić information content (AvgIpc) is 2.26. The lowest BCUT2D eigenvalue weighted by molar-refractivity contribution is 0.0944. The molecule has 1 aromatic carbocycles. The molecule has 2 N–H and O–H groups in total. The zero-order valence-electron chi connectivity index (χ0n) is 8.67. The molecule has 1 rings (SSSR count). The molecule has 0 heterocycles. The Morgan fingerprint density at radius 1 is 1.50 bits per heavy atom. The fourth-order valence-corrected chi connectivity index (χ4v) is 2.10. The van der Waals surface area contributed by atoms with Crippen molar-refractivity contribution in [2.75, 3.05) is 19.0 Å². The third-order valence-corrected chi connectivity index (χ3v) is 2.90. The van der Waals surface area contributed by atoms with Gasteiger partial charge in [-0.2, -0.15) is 0 Å². The van der Waals surface area contributed by atoms with E-state index in [0.717, 1.165) is 16.5 Å².